The number of hydrogen-bond donors (Lipinski definition) is 0. The van der Waals surface area contributed by atoms with Gasteiger partial charge in [-0.3, -0.25) is 9.36 Å². The number of hydrogen-bond acceptors (Lipinski definition) is 6. The van der Waals surface area contributed by atoms with Crippen molar-refractivity contribution in [3.05, 3.63) is 90.6 Å². The number of carbonyl (C=O) groups is 1. The van der Waals surface area contributed by atoms with E-state index in [1.54, 1.807) is 30.5 Å². The molecular weight excluding hydrogens is 714 g/mol. The molecule has 2 heterocycles. The van der Waals surface area contributed by atoms with Gasteiger partial charge >= 0.3 is 5.97 Å². The van der Waals surface area contributed by atoms with E-state index in [-0.39, 0.29) is 12.2 Å². The molecule has 10 heteroatoms. The monoisotopic (exact) mass is 734 g/mol. The van der Waals surface area contributed by atoms with E-state index < -0.39 is 12.0 Å². The maximum atomic E-state index is 13.7. The average Bonchev–Trinajstić information content (AvgIpc) is 3.10. The second-order valence-electron chi connectivity index (χ2n) is 7.60. The maximum absolute atomic E-state index is 13.7. The second-order valence-corrected chi connectivity index (χ2v) is 11.4. The first-order valence-corrected chi connectivity index (χ1v) is 14.2. The minimum absolute atomic E-state index is 0.220. The Morgan fingerprint density at radius 1 is 1.17 bits per heavy atom. The minimum Gasteiger partial charge on any atom is -0.492 e. The van der Waals surface area contributed by atoms with Gasteiger partial charge in [-0.05, 0) is 107 Å². The molecule has 0 saturated heterocycles. The number of fused-ring (bicyclic) bond motifs is 1. The Labute approximate surface area is 238 Å². The van der Waals surface area contributed by atoms with Crippen LogP contribution in [-0.4, -0.2) is 23.8 Å². The van der Waals surface area contributed by atoms with E-state index in [0.29, 0.717) is 32.2 Å². The van der Waals surface area contributed by atoms with Gasteiger partial charge < -0.3 is 9.47 Å². The highest BCUT2D eigenvalue weighted by atomic mass is 127. The van der Waals surface area contributed by atoms with Crippen molar-refractivity contribution in [2.45, 2.75) is 26.8 Å². The summed E-state index contributed by atoms with van der Waals surface area (Å²) in [4.78, 5) is 31.8. The van der Waals surface area contributed by atoms with Crippen LogP contribution < -0.4 is 19.6 Å². The van der Waals surface area contributed by atoms with Gasteiger partial charge in [0.15, 0.2) is 4.80 Å². The number of aromatic nitrogens is 1. The van der Waals surface area contributed by atoms with Crippen LogP contribution >= 0.6 is 68.1 Å². The van der Waals surface area contributed by atoms with Gasteiger partial charge in [-0.2, -0.15) is 0 Å². The Bertz CT molecular complexity index is 1490. The number of nitrogens with zero attached hydrogens (tertiary/aromatic N) is 2. The van der Waals surface area contributed by atoms with Crippen molar-refractivity contribution in [2.75, 3.05) is 13.2 Å². The van der Waals surface area contributed by atoms with Crippen molar-refractivity contribution in [1.82, 2.24) is 4.57 Å². The van der Waals surface area contributed by atoms with Gasteiger partial charge in [0.25, 0.3) is 5.56 Å². The third-order valence-electron chi connectivity index (χ3n) is 5.31. The van der Waals surface area contributed by atoms with Crippen molar-refractivity contribution < 1.29 is 14.3 Å². The summed E-state index contributed by atoms with van der Waals surface area (Å²) < 4.78 is 15.1. The molecule has 0 unspecified atom stereocenters. The predicted molar refractivity (Wildman–Crippen MR) is 155 cm³/mol. The van der Waals surface area contributed by atoms with Gasteiger partial charge in [-0.1, -0.05) is 35.1 Å². The molecule has 1 atom stereocenters. The summed E-state index contributed by atoms with van der Waals surface area (Å²) in [5, 5.41) is 0.569. The Morgan fingerprint density at radius 2 is 1.83 bits per heavy atom. The van der Waals surface area contributed by atoms with Crippen molar-refractivity contribution in [3.63, 3.8) is 0 Å². The Morgan fingerprint density at radius 3 is 2.43 bits per heavy atom. The zero-order valence-corrected chi connectivity index (χ0v) is 25.0. The van der Waals surface area contributed by atoms with Crippen LogP contribution in [0.3, 0.4) is 0 Å². The summed E-state index contributed by atoms with van der Waals surface area (Å²) in [6.07, 6.45) is 1.85. The maximum Gasteiger partial charge on any atom is 0.338 e. The summed E-state index contributed by atoms with van der Waals surface area (Å²) >= 11 is 11.9. The number of ether oxygens (including phenoxy) is 2. The Balaban J connectivity index is 1.91. The molecule has 0 saturated carbocycles. The zero-order valence-electron chi connectivity index (χ0n) is 19.1. The van der Waals surface area contributed by atoms with Gasteiger partial charge in [-0.25, -0.2) is 9.79 Å². The van der Waals surface area contributed by atoms with E-state index in [1.807, 2.05) is 37.3 Å². The molecule has 2 aromatic carbocycles. The van der Waals surface area contributed by atoms with Crippen LogP contribution in [-0.2, 0) is 9.53 Å². The molecule has 4 rings (SSSR count). The van der Waals surface area contributed by atoms with Crippen LogP contribution in [0.15, 0.2) is 57.5 Å². The van der Waals surface area contributed by atoms with Crippen molar-refractivity contribution in [2.24, 2.45) is 4.99 Å². The molecule has 0 bridgehead atoms. The fourth-order valence-electron chi connectivity index (χ4n) is 3.85. The topological polar surface area (TPSA) is 69.9 Å². The first kappa shape index (κ1) is 26.4. The van der Waals surface area contributed by atoms with Crippen molar-refractivity contribution in [1.29, 1.82) is 0 Å². The first-order valence-electron chi connectivity index (χ1n) is 10.8. The summed E-state index contributed by atoms with van der Waals surface area (Å²) in [7, 11) is 0. The van der Waals surface area contributed by atoms with Crippen LogP contribution in [0.1, 0.15) is 37.9 Å². The lowest BCUT2D eigenvalue weighted by Gasteiger charge is -2.24. The summed E-state index contributed by atoms with van der Waals surface area (Å²) in [5.41, 5.74) is 2.29. The van der Waals surface area contributed by atoms with Crippen LogP contribution in [0.2, 0.25) is 5.02 Å². The van der Waals surface area contributed by atoms with E-state index in [2.05, 4.69) is 50.2 Å². The Hall–Kier alpha value is -1.70. The quantitative estimate of drug-likeness (QED) is 0.263. The van der Waals surface area contributed by atoms with Gasteiger partial charge in [0, 0.05) is 5.02 Å². The number of carbonyl (C=O) groups excluding carboxylic acids is 1. The summed E-state index contributed by atoms with van der Waals surface area (Å²) in [5.74, 6) is 0.350. The van der Waals surface area contributed by atoms with Gasteiger partial charge in [-0.15, -0.1) is 0 Å². The van der Waals surface area contributed by atoms with Crippen LogP contribution in [0.5, 0.6) is 5.75 Å². The van der Waals surface area contributed by atoms with Crippen LogP contribution in [0.4, 0.5) is 0 Å². The van der Waals surface area contributed by atoms with Crippen molar-refractivity contribution in [3.8, 4) is 5.75 Å². The van der Waals surface area contributed by atoms with Gasteiger partial charge in [0.1, 0.15) is 5.75 Å². The van der Waals surface area contributed by atoms with E-state index in [9.17, 15) is 9.59 Å². The molecule has 1 aliphatic rings. The average molecular weight is 735 g/mol. The molecule has 182 valence electrons. The van der Waals surface area contributed by atoms with Crippen molar-refractivity contribution >= 4 is 80.2 Å². The largest absolute Gasteiger partial charge is 0.492 e. The molecule has 0 amide bonds. The molecule has 6 nitrogen and oxygen atoms in total. The minimum atomic E-state index is -0.662. The highest BCUT2D eigenvalue weighted by molar-refractivity contribution is 14.1. The molecule has 0 N–H and O–H groups in total. The number of esters is 1. The first-order chi connectivity index (χ1) is 16.7. The molecule has 1 aliphatic heterocycles. The van der Waals surface area contributed by atoms with E-state index >= 15 is 0 Å². The second kappa shape index (κ2) is 11.1. The van der Waals surface area contributed by atoms with E-state index in [1.165, 1.54) is 11.3 Å². The Kier molecular flexibility index (Phi) is 8.39. The highest BCUT2D eigenvalue weighted by Crippen LogP contribution is 2.32. The van der Waals surface area contributed by atoms with Crippen LogP contribution in [0.25, 0.3) is 6.08 Å². The molecule has 35 heavy (non-hydrogen) atoms. The van der Waals surface area contributed by atoms with Gasteiger partial charge in [0.2, 0.25) is 0 Å². The molecule has 1 aromatic heterocycles. The number of thiazole rings is 1. The number of rotatable bonds is 6. The summed E-state index contributed by atoms with van der Waals surface area (Å²) in [6, 6.07) is 10.4. The fourth-order valence-corrected chi connectivity index (χ4v) is 7.15. The molecular formula is C25H21ClI2N2O4S. The number of allylic oxidation sites excluding steroid dienone is 1. The van der Waals surface area contributed by atoms with Gasteiger partial charge in [0.05, 0.1) is 42.2 Å². The third-order valence-corrected chi connectivity index (χ3v) is 8.15. The molecule has 0 aliphatic carbocycles. The molecule has 0 fully saturated rings. The summed E-state index contributed by atoms with van der Waals surface area (Å²) in [6.45, 7) is 6.27. The smallest absolute Gasteiger partial charge is 0.338 e. The normalized spacial score (nSPS) is 15.6. The predicted octanol–water partition coefficient (Wildman–Crippen LogP) is 5.06. The lowest BCUT2D eigenvalue weighted by Crippen LogP contribution is -2.39. The SMILES string of the molecule is CCOC(=O)C1=C(C)N=c2s/c(=C\c3cc(I)c(OCC)c(I)c3)c(=O)n2[C@@H]1c1ccc(Cl)cc1. The third kappa shape index (κ3) is 5.37. The number of benzene rings is 2. The number of halogens is 3. The van der Waals surface area contributed by atoms with E-state index in [0.717, 1.165) is 24.0 Å². The lowest BCUT2D eigenvalue weighted by atomic mass is 9.96. The van der Waals surface area contributed by atoms with E-state index in [4.69, 9.17) is 21.1 Å². The molecule has 3 aromatic rings. The standard InChI is InChI=1S/C25H21ClI2N2O4S/c1-4-33-22-17(27)10-14(11-18(22)28)12-19-23(31)30-21(15-6-8-16(26)9-7-15)20(24(32)34-5-2)13(3)29-25(30)35-19/h6-12,21H,4-5H2,1-3H3/b19-12-/t21-/m1/s1. The highest BCUT2D eigenvalue weighted by Gasteiger charge is 2.33. The zero-order chi connectivity index (χ0) is 25.3. The molecule has 0 radical (unpaired) electrons. The van der Waals surface area contributed by atoms with Crippen LogP contribution in [0, 0.1) is 7.14 Å². The lowest BCUT2D eigenvalue weighted by molar-refractivity contribution is -0.139. The fraction of sp³-hybridized carbons (Fsp3) is 0.240. The molecule has 0 spiro atoms.